The van der Waals surface area contributed by atoms with Crippen LogP contribution < -0.4 is 10.1 Å². The van der Waals surface area contributed by atoms with Gasteiger partial charge in [0.1, 0.15) is 5.75 Å². The topological polar surface area (TPSA) is 93.0 Å². The number of thioether (sulfide) groups is 1. The molecule has 3 aromatic rings. The summed E-state index contributed by atoms with van der Waals surface area (Å²) in [6, 6.07) is 7.33. The molecule has 0 aliphatic rings. The Morgan fingerprint density at radius 3 is 2.96 bits per heavy atom. The molecule has 0 radical (unpaired) electrons. The van der Waals surface area contributed by atoms with Gasteiger partial charge in [0.15, 0.2) is 5.16 Å². The van der Waals surface area contributed by atoms with E-state index in [0.29, 0.717) is 11.0 Å². The van der Waals surface area contributed by atoms with Crippen LogP contribution in [0.1, 0.15) is 25.5 Å². The number of aromatic nitrogens is 3. The highest BCUT2D eigenvalue weighted by atomic mass is 32.2. The van der Waals surface area contributed by atoms with E-state index in [1.807, 2.05) is 32.0 Å². The van der Waals surface area contributed by atoms with Crippen molar-refractivity contribution in [1.82, 2.24) is 15.1 Å². The summed E-state index contributed by atoms with van der Waals surface area (Å²) >= 11 is 1.32. The maximum atomic E-state index is 12.0. The van der Waals surface area contributed by atoms with Crippen molar-refractivity contribution in [3.63, 3.8) is 0 Å². The lowest BCUT2D eigenvalue weighted by molar-refractivity contribution is -0.113. The summed E-state index contributed by atoms with van der Waals surface area (Å²) in [6.07, 6.45) is 0. The van der Waals surface area contributed by atoms with Crippen LogP contribution in [0.5, 0.6) is 5.75 Å². The smallest absolute Gasteiger partial charge is 0.237 e. The fourth-order valence-electron chi connectivity index (χ4n) is 2.09. The minimum Gasteiger partial charge on any atom is -0.497 e. The van der Waals surface area contributed by atoms with E-state index in [4.69, 9.17) is 9.26 Å². The van der Waals surface area contributed by atoms with E-state index < -0.39 is 0 Å². The van der Waals surface area contributed by atoms with E-state index in [1.54, 1.807) is 13.2 Å². The molecular formula is C16H18N4O3S. The van der Waals surface area contributed by atoms with Crippen LogP contribution in [-0.2, 0) is 4.79 Å². The van der Waals surface area contributed by atoms with Gasteiger partial charge in [0.2, 0.25) is 11.8 Å². The van der Waals surface area contributed by atoms with Crippen LogP contribution in [-0.4, -0.2) is 33.9 Å². The summed E-state index contributed by atoms with van der Waals surface area (Å²) in [5.74, 6) is 1.41. The van der Waals surface area contributed by atoms with Gasteiger partial charge in [0.25, 0.3) is 0 Å². The largest absolute Gasteiger partial charge is 0.497 e. The Labute approximate surface area is 143 Å². The first-order valence-corrected chi connectivity index (χ1v) is 8.46. The number of amides is 1. The van der Waals surface area contributed by atoms with Crippen molar-refractivity contribution in [2.24, 2.45) is 0 Å². The van der Waals surface area contributed by atoms with Crippen LogP contribution in [0.4, 0.5) is 5.88 Å². The van der Waals surface area contributed by atoms with E-state index in [2.05, 4.69) is 20.4 Å². The molecule has 0 spiro atoms. The second-order valence-corrected chi connectivity index (χ2v) is 6.50. The number of aromatic amines is 1. The third-order valence-electron chi connectivity index (χ3n) is 3.39. The third kappa shape index (κ3) is 3.70. The first-order valence-electron chi connectivity index (χ1n) is 7.48. The van der Waals surface area contributed by atoms with Gasteiger partial charge < -0.3 is 14.2 Å². The number of carbonyl (C=O) groups excluding carboxylic acids is 1. The number of anilines is 1. The Bertz CT molecular complexity index is 856. The lowest BCUT2D eigenvalue weighted by atomic mass is 10.1. The van der Waals surface area contributed by atoms with Gasteiger partial charge in [-0.3, -0.25) is 10.1 Å². The summed E-state index contributed by atoms with van der Waals surface area (Å²) in [4.78, 5) is 19.6. The number of imidazole rings is 1. The zero-order valence-corrected chi connectivity index (χ0v) is 14.4. The molecule has 0 bridgehead atoms. The van der Waals surface area contributed by atoms with Crippen molar-refractivity contribution in [2.45, 2.75) is 24.9 Å². The predicted octanol–water partition coefficient (Wildman–Crippen LogP) is 3.41. The van der Waals surface area contributed by atoms with Gasteiger partial charge in [0, 0.05) is 12.1 Å². The molecule has 0 saturated carbocycles. The molecule has 0 atom stereocenters. The van der Waals surface area contributed by atoms with E-state index in [9.17, 15) is 4.79 Å². The van der Waals surface area contributed by atoms with Crippen molar-refractivity contribution in [1.29, 1.82) is 0 Å². The molecule has 1 amide bonds. The molecule has 2 N–H and O–H groups in total. The Balaban J connectivity index is 1.59. The zero-order valence-electron chi connectivity index (χ0n) is 13.6. The van der Waals surface area contributed by atoms with E-state index in [0.717, 1.165) is 22.5 Å². The molecule has 0 fully saturated rings. The van der Waals surface area contributed by atoms with Crippen LogP contribution >= 0.6 is 11.8 Å². The number of nitrogens with one attached hydrogen (secondary N) is 2. The van der Waals surface area contributed by atoms with Crippen molar-refractivity contribution < 1.29 is 14.1 Å². The molecule has 8 heteroatoms. The van der Waals surface area contributed by atoms with Crippen LogP contribution in [0.2, 0.25) is 0 Å². The number of hydrogen-bond acceptors (Lipinski definition) is 6. The summed E-state index contributed by atoms with van der Waals surface area (Å²) in [5.41, 5.74) is 2.51. The zero-order chi connectivity index (χ0) is 17.1. The van der Waals surface area contributed by atoms with Gasteiger partial charge in [0.05, 0.1) is 29.6 Å². The molecule has 24 heavy (non-hydrogen) atoms. The molecule has 2 heterocycles. The van der Waals surface area contributed by atoms with Crippen LogP contribution in [0.15, 0.2) is 33.9 Å². The van der Waals surface area contributed by atoms with E-state index >= 15 is 0 Å². The molecular weight excluding hydrogens is 328 g/mol. The van der Waals surface area contributed by atoms with Gasteiger partial charge >= 0.3 is 0 Å². The number of nitrogens with zero attached hydrogens (tertiary/aromatic N) is 2. The number of H-pyrrole nitrogens is 1. The molecule has 3 rings (SSSR count). The number of fused-ring (bicyclic) bond motifs is 1. The molecule has 0 unspecified atom stereocenters. The number of methoxy groups -OCH3 is 1. The van der Waals surface area contributed by atoms with Gasteiger partial charge in [-0.05, 0) is 18.1 Å². The highest BCUT2D eigenvalue weighted by molar-refractivity contribution is 7.99. The quantitative estimate of drug-likeness (QED) is 0.664. The van der Waals surface area contributed by atoms with Crippen LogP contribution in [0.3, 0.4) is 0 Å². The summed E-state index contributed by atoms with van der Waals surface area (Å²) in [5, 5.41) is 7.27. The molecule has 1 aromatic carbocycles. The number of carbonyl (C=O) groups is 1. The van der Waals surface area contributed by atoms with Gasteiger partial charge in [-0.2, -0.15) is 0 Å². The first kappa shape index (κ1) is 16.4. The van der Waals surface area contributed by atoms with Crippen LogP contribution in [0.25, 0.3) is 11.0 Å². The lowest BCUT2D eigenvalue weighted by Gasteiger charge is -1.99. The number of rotatable bonds is 6. The maximum absolute atomic E-state index is 12.0. The average Bonchev–Trinajstić information content (AvgIpc) is 3.18. The van der Waals surface area contributed by atoms with Crippen molar-refractivity contribution >= 4 is 34.6 Å². The van der Waals surface area contributed by atoms with E-state index in [-0.39, 0.29) is 17.6 Å². The van der Waals surface area contributed by atoms with Crippen molar-refractivity contribution in [2.75, 3.05) is 18.2 Å². The van der Waals surface area contributed by atoms with Crippen molar-refractivity contribution in [3.8, 4) is 5.75 Å². The molecule has 0 aliphatic heterocycles. The standard InChI is InChI=1S/C16H18N4O3S/c1-9(2)12-7-15(23-20-12)19-14(21)8-24-16-17-11-5-4-10(22-3)6-13(11)18-16/h4-7,9H,8H2,1-3H3,(H,17,18)(H,19,21). The van der Waals surface area contributed by atoms with Gasteiger partial charge in [-0.1, -0.05) is 30.8 Å². The Hall–Kier alpha value is -2.48. The third-order valence-corrected chi connectivity index (χ3v) is 4.26. The minimum atomic E-state index is -0.176. The monoisotopic (exact) mass is 346 g/mol. The molecule has 0 saturated heterocycles. The number of hydrogen-bond donors (Lipinski definition) is 2. The van der Waals surface area contributed by atoms with Crippen LogP contribution in [0, 0.1) is 0 Å². The van der Waals surface area contributed by atoms with Gasteiger partial charge in [-0.25, -0.2) is 4.98 Å². The maximum Gasteiger partial charge on any atom is 0.237 e. The fraction of sp³-hybridized carbons (Fsp3) is 0.312. The minimum absolute atomic E-state index is 0.176. The SMILES string of the molecule is COc1ccc2nc(SCC(=O)Nc3cc(C(C)C)no3)[nH]c2c1. The second-order valence-electron chi connectivity index (χ2n) is 5.53. The number of ether oxygens (including phenoxy) is 1. The van der Waals surface area contributed by atoms with Crippen molar-refractivity contribution in [3.05, 3.63) is 30.0 Å². The molecule has 0 aliphatic carbocycles. The Kier molecular flexibility index (Phi) is 4.75. The molecule has 7 nitrogen and oxygen atoms in total. The second kappa shape index (κ2) is 6.96. The van der Waals surface area contributed by atoms with E-state index in [1.165, 1.54) is 11.8 Å². The highest BCUT2D eigenvalue weighted by Crippen LogP contribution is 2.23. The first-order chi connectivity index (χ1) is 11.5. The Morgan fingerprint density at radius 2 is 2.25 bits per heavy atom. The molecule has 2 aromatic heterocycles. The number of benzene rings is 1. The van der Waals surface area contributed by atoms with Gasteiger partial charge in [-0.15, -0.1) is 0 Å². The highest BCUT2D eigenvalue weighted by Gasteiger charge is 2.12. The normalized spacial score (nSPS) is 11.2. The Morgan fingerprint density at radius 1 is 1.42 bits per heavy atom. The lowest BCUT2D eigenvalue weighted by Crippen LogP contribution is -2.13. The fourth-order valence-corrected chi connectivity index (χ4v) is 2.77. The molecule has 126 valence electrons. The summed E-state index contributed by atoms with van der Waals surface area (Å²) < 4.78 is 10.3. The average molecular weight is 346 g/mol. The summed E-state index contributed by atoms with van der Waals surface area (Å²) in [7, 11) is 1.62. The predicted molar refractivity (Wildman–Crippen MR) is 92.6 cm³/mol. The summed E-state index contributed by atoms with van der Waals surface area (Å²) in [6.45, 7) is 4.02.